The van der Waals surface area contributed by atoms with Crippen molar-refractivity contribution in [2.24, 2.45) is 28.6 Å². The average molecular weight is 800 g/mol. The van der Waals surface area contributed by atoms with Crippen LogP contribution in [0.3, 0.4) is 0 Å². The molecule has 0 spiro atoms. The number of carbonyl (C=O) groups is 2. The fraction of sp³-hybridized carbons (Fsp3) is 0.488. The summed E-state index contributed by atoms with van der Waals surface area (Å²) >= 11 is 20.4. The second kappa shape index (κ2) is 15.1. The largest absolute Gasteiger partial charge is 0.393 e. The number of ether oxygens (including phenoxy) is 1. The number of benzene rings is 2. The van der Waals surface area contributed by atoms with Gasteiger partial charge in [-0.1, -0.05) is 72.4 Å². The van der Waals surface area contributed by atoms with Crippen molar-refractivity contribution in [3.8, 4) is 0 Å². The number of rotatable bonds is 8. The molecule has 0 radical (unpaired) electrons. The van der Waals surface area contributed by atoms with E-state index in [0.29, 0.717) is 42.5 Å². The van der Waals surface area contributed by atoms with Crippen LogP contribution in [0, 0.1) is 28.6 Å². The number of aromatic nitrogens is 2. The summed E-state index contributed by atoms with van der Waals surface area (Å²) in [5.41, 5.74) is 0.773. The minimum absolute atomic E-state index is 0.0697. The Labute approximate surface area is 328 Å². The third kappa shape index (κ3) is 6.95. The molecule has 2 heterocycles. The lowest BCUT2D eigenvalue weighted by molar-refractivity contribution is -0.182. The van der Waals surface area contributed by atoms with Gasteiger partial charge in [-0.2, -0.15) is 0 Å². The first-order valence-electron chi connectivity index (χ1n) is 18.2. The molecule has 8 nitrogen and oxygen atoms in total. The zero-order valence-corrected chi connectivity index (χ0v) is 32.9. The number of thiophene rings is 1. The smallest absolute Gasteiger partial charge is 0.190 e. The quantitative estimate of drug-likeness (QED) is 0.163. The van der Waals surface area contributed by atoms with Gasteiger partial charge in [0.15, 0.2) is 11.6 Å². The van der Waals surface area contributed by atoms with Crippen molar-refractivity contribution in [3.05, 3.63) is 98.3 Å². The normalized spacial score (nSPS) is 31.2. The zero-order valence-electron chi connectivity index (χ0n) is 29.8. The molecule has 3 N–H and O–H groups in total. The predicted molar refractivity (Wildman–Crippen MR) is 208 cm³/mol. The summed E-state index contributed by atoms with van der Waals surface area (Å²) < 4.78 is 9.35. The Morgan fingerprint density at radius 2 is 1.92 bits per heavy atom. The highest BCUT2D eigenvalue weighted by atomic mass is 35.5. The van der Waals surface area contributed by atoms with Crippen LogP contribution in [-0.4, -0.2) is 54.7 Å². The van der Waals surface area contributed by atoms with Gasteiger partial charge in [0.1, 0.15) is 18.3 Å². The standard InChI is InChI=1S/C21H30O5.C20H15Cl3N2OS/c1-19-7-5-13(23)9-12(19)3-4-14-15-6-8-21(26,17(25)11-22)20(15,2)10-16(24)18(14)19;21-14-4-5-16(18(23)8-14)19(9-25-7-6-24-12-25)26-10-13-11-27-20-15(13)2-1-3-17(20)22/h9,14-16,18,22,24,26H,3-8,10-11H2,1-2H3;1-8,11-12,19H,9-10H2/t14-,15-,16-,18+,19-,20-,21-;/m0./s1. The molecule has 4 aliphatic rings. The number of hydrogen-bond donors (Lipinski definition) is 3. The van der Waals surface area contributed by atoms with E-state index in [0.717, 1.165) is 51.9 Å². The molecule has 8 atom stereocenters. The van der Waals surface area contributed by atoms with Crippen molar-refractivity contribution in [1.29, 1.82) is 0 Å². The van der Waals surface area contributed by atoms with E-state index in [-0.39, 0.29) is 35.1 Å². The third-order valence-electron chi connectivity index (χ3n) is 13.0. The molecular weight excluding hydrogens is 755 g/mol. The van der Waals surface area contributed by atoms with Crippen molar-refractivity contribution < 1.29 is 29.6 Å². The van der Waals surface area contributed by atoms with Gasteiger partial charge < -0.3 is 24.6 Å². The molecule has 8 rings (SSSR count). The third-order valence-corrected chi connectivity index (χ3v) is 15.0. The molecule has 0 amide bonds. The number of hydrogen-bond acceptors (Lipinski definition) is 8. The Kier molecular flexibility index (Phi) is 11.1. The number of aliphatic hydroxyl groups is 3. The fourth-order valence-electron chi connectivity index (χ4n) is 10.2. The molecule has 282 valence electrons. The van der Waals surface area contributed by atoms with Crippen molar-refractivity contribution in [1.82, 2.24) is 9.55 Å². The van der Waals surface area contributed by atoms with E-state index < -0.39 is 29.5 Å². The van der Waals surface area contributed by atoms with Gasteiger partial charge in [-0.05, 0) is 102 Å². The van der Waals surface area contributed by atoms with Crippen LogP contribution in [0.25, 0.3) is 10.1 Å². The predicted octanol–water partition coefficient (Wildman–Crippen LogP) is 8.80. The molecule has 2 aromatic carbocycles. The molecule has 2 aromatic heterocycles. The van der Waals surface area contributed by atoms with Gasteiger partial charge >= 0.3 is 0 Å². The molecular formula is C41H45Cl3N2O6S. The molecule has 3 saturated carbocycles. The molecule has 0 aliphatic heterocycles. The highest BCUT2D eigenvalue weighted by Crippen LogP contribution is 2.67. The maximum absolute atomic E-state index is 12.4. The number of fused-ring (bicyclic) bond motifs is 6. The van der Waals surface area contributed by atoms with Crippen LogP contribution in [0.1, 0.15) is 76.0 Å². The van der Waals surface area contributed by atoms with Crippen LogP contribution >= 0.6 is 46.1 Å². The molecule has 0 saturated heterocycles. The van der Waals surface area contributed by atoms with E-state index in [1.165, 1.54) is 5.57 Å². The van der Waals surface area contributed by atoms with Crippen LogP contribution in [0.5, 0.6) is 0 Å². The number of carbonyl (C=O) groups excluding carboxylic acids is 2. The SMILES string of the molecule is C[C@]12CCC(=O)C=C1CC[C@@H]1[C@@H]2[C@@H](O)C[C@@]2(C)[C@H]1CC[C@]2(O)C(=O)CO.Clc1ccc(C(Cn2ccnc2)OCc2csc3c(Cl)cccc23)c(Cl)c1. The van der Waals surface area contributed by atoms with Crippen LogP contribution in [0.4, 0.5) is 0 Å². The van der Waals surface area contributed by atoms with E-state index in [1.54, 1.807) is 36.0 Å². The second-order valence-electron chi connectivity index (χ2n) is 15.7. The average Bonchev–Trinajstić information content (AvgIpc) is 3.86. The summed E-state index contributed by atoms with van der Waals surface area (Å²) in [4.78, 5) is 28.4. The van der Waals surface area contributed by atoms with Crippen molar-refractivity contribution in [2.45, 2.75) is 89.8 Å². The van der Waals surface area contributed by atoms with Gasteiger partial charge in [-0.15, -0.1) is 11.3 Å². The minimum Gasteiger partial charge on any atom is -0.393 e. The van der Waals surface area contributed by atoms with Crippen LogP contribution in [0.2, 0.25) is 15.1 Å². The van der Waals surface area contributed by atoms with Crippen LogP contribution < -0.4 is 0 Å². The second-order valence-corrected chi connectivity index (χ2v) is 17.8. The number of Topliss-reactive ketones (excluding diaryl/α,β-unsaturated/α-hetero) is 1. The van der Waals surface area contributed by atoms with E-state index in [4.69, 9.17) is 39.5 Å². The first-order chi connectivity index (χ1) is 25.3. The summed E-state index contributed by atoms with van der Waals surface area (Å²) in [6.45, 7) is 4.52. The van der Waals surface area contributed by atoms with Crippen LogP contribution in [-0.2, 0) is 27.5 Å². The summed E-state index contributed by atoms with van der Waals surface area (Å²) in [6.07, 6.45) is 10.9. The first-order valence-corrected chi connectivity index (χ1v) is 20.3. The van der Waals surface area contributed by atoms with Gasteiger partial charge in [-0.3, -0.25) is 9.59 Å². The molecule has 4 aliphatic carbocycles. The van der Waals surface area contributed by atoms with Gasteiger partial charge in [0.2, 0.25) is 0 Å². The molecule has 12 heteroatoms. The van der Waals surface area contributed by atoms with E-state index in [2.05, 4.69) is 23.4 Å². The summed E-state index contributed by atoms with van der Waals surface area (Å²) in [5, 5.41) is 36.9. The zero-order chi connectivity index (χ0) is 37.7. The Morgan fingerprint density at radius 1 is 1.11 bits per heavy atom. The van der Waals surface area contributed by atoms with E-state index in [1.807, 2.05) is 42.0 Å². The molecule has 4 aromatic rings. The van der Waals surface area contributed by atoms with Crippen molar-refractivity contribution in [3.63, 3.8) is 0 Å². The number of aliphatic hydroxyl groups excluding tert-OH is 2. The topological polar surface area (TPSA) is 122 Å². The van der Waals surface area contributed by atoms with E-state index >= 15 is 0 Å². The van der Waals surface area contributed by atoms with Gasteiger partial charge in [-0.25, -0.2) is 4.98 Å². The Hall–Kier alpha value is -2.60. The number of nitrogens with zero attached hydrogens (tertiary/aromatic N) is 2. The maximum Gasteiger partial charge on any atom is 0.190 e. The Bertz CT molecular complexity index is 2030. The number of ketones is 2. The lowest BCUT2D eigenvalue weighted by Gasteiger charge is -2.60. The van der Waals surface area contributed by atoms with Gasteiger partial charge in [0, 0.05) is 39.8 Å². The summed E-state index contributed by atoms with van der Waals surface area (Å²) in [6, 6.07) is 11.4. The number of allylic oxidation sites excluding steroid dienone is 1. The highest BCUT2D eigenvalue weighted by Gasteiger charge is 2.68. The first kappa shape index (κ1) is 38.7. The molecule has 1 unspecified atom stereocenters. The summed E-state index contributed by atoms with van der Waals surface area (Å²) in [7, 11) is 0. The molecule has 0 bridgehead atoms. The molecule has 53 heavy (non-hydrogen) atoms. The van der Waals surface area contributed by atoms with Gasteiger partial charge in [0.25, 0.3) is 0 Å². The summed E-state index contributed by atoms with van der Waals surface area (Å²) in [5.74, 6) is 0.140. The number of imidazole rings is 1. The Morgan fingerprint density at radius 3 is 2.66 bits per heavy atom. The van der Waals surface area contributed by atoms with E-state index in [9.17, 15) is 24.9 Å². The van der Waals surface area contributed by atoms with Crippen molar-refractivity contribution >= 4 is 67.8 Å². The lowest BCUT2D eigenvalue weighted by Crippen LogP contribution is -2.62. The van der Waals surface area contributed by atoms with Crippen LogP contribution in [0.15, 0.2) is 72.1 Å². The van der Waals surface area contributed by atoms with Gasteiger partial charge in [0.05, 0.1) is 35.3 Å². The Balaban J connectivity index is 0.000000164. The fourth-order valence-corrected chi connectivity index (χ4v) is 12.0. The number of halogens is 3. The minimum atomic E-state index is -1.54. The highest BCUT2D eigenvalue weighted by molar-refractivity contribution is 7.18. The maximum atomic E-state index is 12.4. The molecule has 3 fully saturated rings. The lowest BCUT2D eigenvalue weighted by atomic mass is 9.45. The monoisotopic (exact) mass is 798 g/mol. The van der Waals surface area contributed by atoms with Crippen molar-refractivity contribution in [2.75, 3.05) is 6.61 Å².